The Hall–Kier alpha value is -1.38. The number of ether oxygens (including phenoxy) is 1. The molecule has 0 fully saturated rings. The van der Waals surface area contributed by atoms with Crippen LogP contribution in [0.15, 0.2) is 24.3 Å². The summed E-state index contributed by atoms with van der Waals surface area (Å²) in [6.45, 7) is 3.58. The van der Waals surface area contributed by atoms with E-state index in [1.165, 1.54) is 6.92 Å². The van der Waals surface area contributed by atoms with Crippen LogP contribution in [0.3, 0.4) is 0 Å². The molecule has 0 N–H and O–H groups in total. The molecule has 0 saturated carbocycles. The first-order valence-electron chi connectivity index (χ1n) is 4.34. The fourth-order valence-corrected chi connectivity index (χ4v) is 0.973. The minimum absolute atomic E-state index is 0.0498. The van der Waals surface area contributed by atoms with Gasteiger partial charge in [-0.2, -0.15) is 0 Å². The SMILES string of the molecule is CC=CCOc1cc(F)c(C)cc1F. The fourth-order valence-electron chi connectivity index (χ4n) is 0.973. The van der Waals surface area contributed by atoms with E-state index in [0.717, 1.165) is 12.1 Å². The van der Waals surface area contributed by atoms with E-state index in [1.807, 2.05) is 6.92 Å². The van der Waals surface area contributed by atoms with Crippen LogP contribution >= 0.6 is 0 Å². The lowest BCUT2D eigenvalue weighted by Crippen LogP contribution is -1.97. The van der Waals surface area contributed by atoms with Gasteiger partial charge in [0.25, 0.3) is 0 Å². The summed E-state index contributed by atoms with van der Waals surface area (Å²) < 4.78 is 31.2. The fraction of sp³-hybridized carbons (Fsp3) is 0.273. The average Bonchev–Trinajstić information content (AvgIpc) is 2.14. The molecule has 0 spiro atoms. The molecular weight excluding hydrogens is 186 g/mol. The van der Waals surface area contributed by atoms with E-state index in [1.54, 1.807) is 12.2 Å². The lowest BCUT2D eigenvalue weighted by molar-refractivity contribution is 0.338. The summed E-state index contributed by atoms with van der Waals surface area (Å²) in [5.74, 6) is -1.04. The van der Waals surface area contributed by atoms with Crippen LogP contribution in [-0.4, -0.2) is 6.61 Å². The molecule has 0 atom stereocenters. The van der Waals surface area contributed by atoms with Crippen molar-refractivity contribution in [2.75, 3.05) is 6.61 Å². The zero-order valence-corrected chi connectivity index (χ0v) is 8.18. The summed E-state index contributed by atoms with van der Waals surface area (Å²) in [6.07, 6.45) is 3.50. The minimum atomic E-state index is -0.534. The van der Waals surface area contributed by atoms with E-state index in [0.29, 0.717) is 0 Å². The van der Waals surface area contributed by atoms with E-state index < -0.39 is 11.6 Å². The van der Waals surface area contributed by atoms with Crippen molar-refractivity contribution in [2.45, 2.75) is 13.8 Å². The number of hydrogen-bond acceptors (Lipinski definition) is 1. The Kier molecular flexibility index (Phi) is 3.63. The van der Waals surface area contributed by atoms with Gasteiger partial charge in [0, 0.05) is 6.07 Å². The molecule has 0 bridgehead atoms. The number of rotatable bonds is 3. The minimum Gasteiger partial charge on any atom is -0.486 e. The maximum Gasteiger partial charge on any atom is 0.165 e. The summed E-state index contributed by atoms with van der Waals surface area (Å²) in [4.78, 5) is 0. The molecule has 1 nitrogen and oxygen atoms in total. The van der Waals surface area contributed by atoms with Crippen LogP contribution in [-0.2, 0) is 0 Å². The van der Waals surface area contributed by atoms with Gasteiger partial charge in [-0.3, -0.25) is 0 Å². The van der Waals surface area contributed by atoms with Crippen LogP contribution < -0.4 is 4.74 Å². The van der Waals surface area contributed by atoms with Gasteiger partial charge < -0.3 is 4.74 Å². The number of aryl methyl sites for hydroxylation is 1. The Morgan fingerprint density at radius 2 is 2.00 bits per heavy atom. The highest BCUT2D eigenvalue weighted by Crippen LogP contribution is 2.20. The van der Waals surface area contributed by atoms with Gasteiger partial charge in [0.15, 0.2) is 11.6 Å². The second-order valence-electron chi connectivity index (χ2n) is 2.91. The number of hydrogen-bond donors (Lipinski definition) is 0. The Labute approximate surface area is 82.0 Å². The van der Waals surface area contributed by atoms with Gasteiger partial charge in [-0.25, -0.2) is 8.78 Å². The van der Waals surface area contributed by atoms with Crippen molar-refractivity contribution in [1.29, 1.82) is 0 Å². The number of benzene rings is 1. The first kappa shape index (κ1) is 10.7. The van der Waals surface area contributed by atoms with Crippen LogP contribution in [0, 0.1) is 18.6 Å². The third kappa shape index (κ3) is 2.55. The molecule has 0 heterocycles. The first-order valence-corrected chi connectivity index (χ1v) is 4.34. The normalized spacial score (nSPS) is 10.9. The molecule has 1 rings (SSSR count). The molecule has 3 heteroatoms. The van der Waals surface area contributed by atoms with Gasteiger partial charge in [0.05, 0.1) is 0 Å². The Morgan fingerprint density at radius 1 is 1.29 bits per heavy atom. The van der Waals surface area contributed by atoms with Crippen LogP contribution in [0.1, 0.15) is 12.5 Å². The molecule has 0 aliphatic carbocycles. The number of halogens is 2. The first-order chi connectivity index (χ1) is 6.65. The van der Waals surface area contributed by atoms with Crippen LogP contribution in [0.2, 0.25) is 0 Å². The Bertz CT molecular complexity index is 345. The van der Waals surface area contributed by atoms with Crippen molar-refractivity contribution >= 4 is 0 Å². The van der Waals surface area contributed by atoms with Crippen molar-refractivity contribution in [3.8, 4) is 5.75 Å². The molecule has 0 unspecified atom stereocenters. The standard InChI is InChI=1S/C11H12F2O/c1-3-4-5-14-11-7-9(12)8(2)6-10(11)13/h3-4,6-7H,5H2,1-2H3. The molecule has 76 valence electrons. The lowest BCUT2D eigenvalue weighted by Gasteiger charge is -2.05. The summed E-state index contributed by atoms with van der Waals surface area (Å²) >= 11 is 0. The topological polar surface area (TPSA) is 9.23 Å². The van der Waals surface area contributed by atoms with E-state index in [2.05, 4.69) is 0 Å². The third-order valence-corrected chi connectivity index (χ3v) is 1.78. The average molecular weight is 198 g/mol. The van der Waals surface area contributed by atoms with Crippen LogP contribution in [0.4, 0.5) is 8.78 Å². The van der Waals surface area contributed by atoms with Crippen molar-refractivity contribution in [1.82, 2.24) is 0 Å². The molecule has 0 amide bonds. The summed E-state index contributed by atoms with van der Waals surface area (Å²) in [7, 11) is 0. The smallest absolute Gasteiger partial charge is 0.165 e. The molecule has 0 aromatic heterocycles. The summed E-state index contributed by atoms with van der Waals surface area (Å²) in [5.41, 5.74) is 0.279. The highest BCUT2D eigenvalue weighted by atomic mass is 19.1. The molecule has 1 aromatic carbocycles. The van der Waals surface area contributed by atoms with Gasteiger partial charge in [0.1, 0.15) is 12.4 Å². The van der Waals surface area contributed by atoms with Crippen molar-refractivity contribution in [3.05, 3.63) is 41.5 Å². The van der Waals surface area contributed by atoms with Gasteiger partial charge in [-0.15, -0.1) is 0 Å². The molecular formula is C11H12F2O. The largest absolute Gasteiger partial charge is 0.486 e. The second kappa shape index (κ2) is 4.74. The van der Waals surface area contributed by atoms with E-state index in [9.17, 15) is 8.78 Å². The van der Waals surface area contributed by atoms with Crippen molar-refractivity contribution in [3.63, 3.8) is 0 Å². The number of allylic oxidation sites excluding steroid dienone is 1. The van der Waals surface area contributed by atoms with Gasteiger partial charge in [-0.1, -0.05) is 12.2 Å². The van der Waals surface area contributed by atoms with E-state index in [-0.39, 0.29) is 17.9 Å². The molecule has 0 radical (unpaired) electrons. The van der Waals surface area contributed by atoms with Crippen molar-refractivity contribution in [2.24, 2.45) is 0 Å². The van der Waals surface area contributed by atoms with E-state index >= 15 is 0 Å². The molecule has 0 saturated heterocycles. The molecule has 0 aliphatic rings. The zero-order chi connectivity index (χ0) is 10.6. The highest BCUT2D eigenvalue weighted by Gasteiger charge is 2.07. The predicted molar refractivity (Wildman–Crippen MR) is 51.4 cm³/mol. The predicted octanol–water partition coefficient (Wildman–Crippen LogP) is 3.23. The maximum absolute atomic E-state index is 13.1. The summed E-state index contributed by atoms with van der Waals surface area (Å²) in [5, 5.41) is 0. The molecule has 1 aromatic rings. The molecule has 14 heavy (non-hydrogen) atoms. The highest BCUT2D eigenvalue weighted by molar-refractivity contribution is 5.30. The second-order valence-corrected chi connectivity index (χ2v) is 2.91. The Morgan fingerprint density at radius 3 is 2.64 bits per heavy atom. The quantitative estimate of drug-likeness (QED) is 0.677. The lowest BCUT2D eigenvalue weighted by atomic mass is 10.2. The zero-order valence-electron chi connectivity index (χ0n) is 8.18. The Balaban J connectivity index is 2.81. The third-order valence-electron chi connectivity index (χ3n) is 1.78. The van der Waals surface area contributed by atoms with Gasteiger partial charge >= 0.3 is 0 Å². The van der Waals surface area contributed by atoms with Crippen molar-refractivity contribution < 1.29 is 13.5 Å². The monoisotopic (exact) mass is 198 g/mol. The van der Waals surface area contributed by atoms with Gasteiger partial charge in [-0.05, 0) is 25.5 Å². The summed E-state index contributed by atoms with van der Waals surface area (Å²) in [6, 6.07) is 2.19. The van der Waals surface area contributed by atoms with Gasteiger partial charge in [0.2, 0.25) is 0 Å². The van der Waals surface area contributed by atoms with E-state index in [4.69, 9.17) is 4.74 Å². The van der Waals surface area contributed by atoms with Crippen LogP contribution in [0.5, 0.6) is 5.75 Å². The van der Waals surface area contributed by atoms with Crippen LogP contribution in [0.25, 0.3) is 0 Å². The molecule has 0 aliphatic heterocycles. The maximum atomic E-state index is 13.1.